The predicted molar refractivity (Wildman–Crippen MR) is 60.4 cm³/mol. The van der Waals surface area contributed by atoms with Crippen LogP contribution in [0.2, 0.25) is 0 Å². The molecule has 0 atom stereocenters. The van der Waals surface area contributed by atoms with Crippen LogP contribution in [0.3, 0.4) is 0 Å². The number of alkyl halides is 1. The fraction of sp³-hybridized carbons (Fsp3) is 1.00. The van der Waals surface area contributed by atoms with Crippen LogP contribution in [0.25, 0.3) is 0 Å². The maximum Gasteiger partial charge on any atom is 0.0159 e. The topological polar surface area (TPSA) is 3.24 Å². The normalized spacial score (nSPS) is 25.4. The Morgan fingerprint density at radius 1 is 0.923 bits per heavy atom. The summed E-state index contributed by atoms with van der Waals surface area (Å²) in [4.78, 5) is 2.77. The van der Waals surface area contributed by atoms with Gasteiger partial charge in [0.05, 0.1) is 0 Å². The lowest BCUT2D eigenvalue weighted by Gasteiger charge is -2.34. The van der Waals surface area contributed by atoms with Crippen molar-refractivity contribution in [1.29, 1.82) is 0 Å². The van der Waals surface area contributed by atoms with Crippen molar-refractivity contribution in [3.8, 4) is 0 Å². The van der Waals surface area contributed by atoms with Crippen molar-refractivity contribution in [2.24, 2.45) is 0 Å². The van der Waals surface area contributed by atoms with Gasteiger partial charge in [0.25, 0.3) is 0 Å². The highest BCUT2D eigenvalue weighted by Gasteiger charge is 2.33. The van der Waals surface area contributed by atoms with E-state index in [2.05, 4.69) is 20.8 Å². The number of hydrogen-bond donors (Lipinski definition) is 0. The Labute approximate surface area is 90.0 Å². The molecule has 2 heteroatoms. The maximum absolute atomic E-state index is 3.57. The monoisotopic (exact) mass is 245 g/mol. The van der Waals surface area contributed by atoms with E-state index in [1.807, 2.05) is 0 Å². The van der Waals surface area contributed by atoms with Gasteiger partial charge in [-0.05, 0) is 25.7 Å². The van der Waals surface area contributed by atoms with Crippen molar-refractivity contribution >= 4 is 15.9 Å². The summed E-state index contributed by atoms with van der Waals surface area (Å²) < 4.78 is 0. The summed E-state index contributed by atoms with van der Waals surface area (Å²) >= 11 is 3.57. The second kappa shape index (κ2) is 4.79. The van der Waals surface area contributed by atoms with E-state index >= 15 is 0 Å². The highest BCUT2D eigenvalue weighted by atomic mass is 79.9. The van der Waals surface area contributed by atoms with Gasteiger partial charge in [-0.3, -0.25) is 4.90 Å². The molecule has 0 N–H and O–H groups in total. The zero-order valence-electron chi connectivity index (χ0n) is 8.34. The second-order valence-corrected chi connectivity index (χ2v) is 5.24. The van der Waals surface area contributed by atoms with Gasteiger partial charge >= 0.3 is 0 Å². The fourth-order valence-corrected chi connectivity index (χ4v) is 2.99. The summed E-state index contributed by atoms with van der Waals surface area (Å²) in [5, 5.41) is 1.15. The molecule has 0 bridgehead atoms. The molecule has 0 spiro atoms. The third-order valence-electron chi connectivity index (χ3n) is 3.40. The Morgan fingerprint density at radius 3 is 2.08 bits per heavy atom. The Morgan fingerprint density at radius 2 is 1.54 bits per heavy atom. The largest absolute Gasteiger partial charge is 0.297 e. The quantitative estimate of drug-likeness (QED) is 0.688. The standard InChI is InChI=1S/C11H20BrN/c12-8-9-13(11-6-7-11)10-4-2-1-3-5-10/h10-11H,1-9H2. The van der Waals surface area contributed by atoms with Gasteiger partial charge in [0.15, 0.2) is 0 Å². The smallest absolute Gasteiger partial charge is 0.0159 e. The molecular formula is C11H20BrN. The first kappa shape index (κ1) is 9.97. The average molecular weight is 246 g/mol. The van der Waals surface area contributed by atoms with Crippen molar-refractivity contribution in [2.45, 2.75) is 57.0 Å². The average Bonchev–Trinajstić information content (AvgIpc) is 2.99. The number of halogens is 1. The van der Waals surface area contributed by atoms with Gasteiger partial charge in [-0.1, -0.05) is 35.2 Å². The Bertz CT molecular complexity index is 150. The van der Waals surface area contributed by atoms with E-state index in [0.717, 1.165) is 17.4 Å². The van der Waals surface area contributed by atoms with Crippen LogP contribution in [0.15, 0.2) is 0 Å². The van der Waals surface area contributed by atoms with Crippen LogP contribution in [0.1, 0.15) is 44.9 Å². The minimum Gasteiger partial charge on any atom is -0.297 e. The molecular weight excluding hydrogens is 226 g/mol. The predicted octanol–water partition coefficient (Wildman–Crippen LogP) is 3.18. The van der Waals surface area contributed by atoms with Crippen molar-refractivity contribution in [2.75, 3.05) is 11.9 Å². The summed E-state index contributed by atoms with van der Waals surface area (Å²) in [7, 11) is 0. The van der Waals surface area contributed by atoms with E-state index < -0.39 is 0 Å². The number of rotatable bonds is 4. The van der Waals surface area contributed by atoms with E-state index in [4.69, 9.17) is 0 Å². The minimum absolute atomic E-state index is 0.929. The summed E-state index contributed by atoms with van der Waals surface area (Å²) in [5.74, 6) is 0. The molecule has 0 unspecified atom stereocenters. The van der Waals surface area contributed by atoms with Crippen LogP contribution < -0.4 is 0 Å². The van der Waals surface area contributed by atoms with E-state index in [0.29, 0.717) is 0 Å². The first-order valence-corrected chi connectivity index (χ1v) is 6.85. The third-order valence-corrected chi connectivity index (χ3v) is 3.76. The van der Waals surface area contributed by atoms with E-state index in [1.165, 1.54) is 51.5 Å². The van der Waals surface area contributed by atoms with Crippen molar-refractivity contribution < 1.29 is 0 Å². The van der Waals surface area contributed by atoms with Crippen LogP contribution in [-0.2, 0) is 0 Å². The molecule has 0 saturated heterocycles. The molecule has 0 aromatic carbocycles. The molecule has 2 fully saturated rings. The molecule has 2 aliphatic rings. The van der Waals surface area contributed by atoms with Crippen molar-refractivity contribution in [3.05, 3.63) is 0 Å². The van der Waals surface area contributed by atoms with Gasteiger partial charge in [-0.25, -0.2) is 0 Å². The zero-order valence-corrected chi connectivity index (χ0v) is 9.93. The second-order valence-electron chi connectivity index (χ2n) is 4.45. The third kappa shape index (κ3) is 2.69. The van der Waals surface area contributed by atoms with Crippen LogP contribution in [-0.4, -0.2) is 28.9 Å². The summed E-state index contributed by atoms with van der Waals surface area (Å²) in [6, 6.07) is 1.89. The molecule has 2 saturated carbocycles. The van der Waals surface area contributed by atoms with Crippen LogP contribution in [0, 0.1) is 0 Å². The van der Waals surface area contributed by atoms with Crippen LogP contribution in [0.5, 0.6) is 0 Å². The molecule has 76 valence electrons. The molecule has 1 nitrogen and oxygen atoms in total. The first-order valence-electron chi connectivity index (χ1n) is 5.73. The van der Waals surface area contributed by atoms with Crippen molar-refractivity contribution in [3.63, 3.8) is 0 Å². The molecule has 0 heterocycles. The number of nitrogens with zero attached hydrogens (tertiary/aromatic N) is 1. The summed E-state index contributed by atoms with van der Waals surface area (Å²) in [6.45, 7) is 1.27. The summed E-state index contributed by atoms with van der Waals surface area (Å²) in [6.07, 6.45) is 10.3. The van der Waals surface area contributed by atoms with Gasteiger partial charge < -0.3 is 0 Å². The lowest BCUT2D eigenvalue weighted by molar-refractivity contribution is 0.157. The van der Waals surface area contributed by atoms with Crippen molar-refractivity contribution in [1.82, 2.24) is 4.90 Å². The van der Waals surface area contributed by atoms with E-state index in [9.17, 15) is 0 Å². The molecule has 13 heavy (non-hydrogen) atoms. The van der Waals surface area contributed by atoms with Gasteiger partial charge in [-0.2, -0.15) is 0 Å². The molecule has 0 aromatic rings. The molecule has 0 aliphatic heterocycles. The van der Waals surface area contributed by atoms with Gasteiger partial charge in [0, 0.05) is 24.0 Å². The minimum atomic E-state index is 0.929. The highest BCUT2D eigenvalue weighted by Crippen LogP contribution is 2.33. The maximum atomic E-state index is 3.57. The highest BCUT2D eigenvalue weighted by molar-refractivity contribution is 9.09. The Hall–Kier alpha value is 0.440. The van der Waals surface area contributed by atoms with Crippen LogP contribution >= 0.6 is 15.9 Å². The van der Waals surface area contributed by atoms with Gasteiger partial charge in [-0.15, -0.1) is 0 Å². The lowest BCUT2D eigenvalue weighted by Crippen LogP contribution is -2.39. The van der Waals surface area contributed by atoms with Gasteiger partial charge in [0.2, 0.25) is 0 Å². The lowest BCUT2D eigenvalue weighted by atomic mass is 9.94. The molecule has 0 radical (unpaired) electrons. The van der Waals surface area contributed by atoms with Gasteiger partial charge in [0.1, 0.15) is 0 Å². The molecule has 0 amide bonds. The summed E-state index contributed by atoms with van der Waals surface area (Å²) in [5.41, 5.74) is 0. The SMILES string of the molecule is BrCCN(C1CCCCC1)C1CC1. The molecule has 2 aliphatic carbocycles. The van der Waals surface area contributed by atoms with Crippen LogP contribution in [0.4, 0.5) is 0 Å². The first-order chi connectivity index (χ1) is 6.42. The molecule has 0 aromatic heterocycles. The Balaban J connectivity index is 1.84. The van der Waals surface area contributed by atoms with E-state index in [1.54, 1.807) is 0 Å². The fourth-order valence-electron chi connectivity index (χ4n) is 2.58. The van der Waals surface area contributed by atoms with E-state index in [-0.39, 0.29) is 0 Å². The molecule has 2 rings (SSSR count). The number of hydrogen-bond acceptors (Lipinski definition) is 1. The zero-order chi connectivity index (χ0) is 9.10. The Kier molecular flexibility index (Phi) is 3.67.